The number of nitro benzene ring substituents is 1. The fourth-order valence-electron chi connectivity index (χ4n) is 2.02. The van der Waals surface area contributed by atoms with Crippen LogP contribution in [0.1, 0.15) is 5.56 Å². The SMILES string of the molecule is O=[N+]([O-])c1ccc(CNc2nc(-c3ccc(F)cc3)cs2)cc1. The van der Waals surface area contributed by atoms with Gasteiger partial charge < -0.3 is 5.32 Å². The van der Waals surface area contributed by atoms with Crippen LogP contribution in [0, 0.1) is 15.9 Å². The minimum absolute atomic E-state index is 0.0709. The lowest BCUT2D eigenvalue weighted by Crippen LogP contribution is -1.99. The highest BCUT2D eigenvalue weighted by molar-refractivity contribution is 7.14. The Kier molecular flexibility index (Phi) is 4.29. The van der Waals surface area contributed by atoms with Gasteiger partial charge in [0.2, 0.25) is 0 Å². The Morgan fingerprint density at radius 3 is 2.48 bits per heavy atom. The summed E-state index contributed by atoms with van der Waals surface area (Å²) in [6.45, 7) is 0.522. The van der Waals surface area contributed by atoms with E-state index in [1.54, 1.807) is 24.3 Å². The number of nitrogens with zero attached hydrogens (tertiary/aromatic N) is 2. The fraction of sp³-hybridized carbons (Fsp3) is 0.0625. The van der Waals surface area contributed by atoms with Gasteiger partial charge in [-0.1, -0.05) is 12.1 Å². The third-order valence-corrected chi connectivity index (χ3v) is 4.04. The third kappa shape index (κ3) is 3.70. The molecule has 116 valence electrons. The van der Waals surface area contributed by atoms with E-state index in [-0.39, 0.29) is 11.5 Å². The first-order chi connectivity index (χ1) is 11.1. The van der Waals surface area contributed by atoms with Crippen molar-refractivity contribution < 1.29 is 9.31 Å². The van der Waals surface area contributed by atoms with Gasteiger partial charge in [0, 0.05) is 29.6 Å². The van der Waals surface area contributed by atoms with E-state index in [0.29, 0.717) is 6.54 Å². The second-order valence-electron chi connectivity index (χ2n) is 4.82. The molecule has 7 heteroatoms. The predicted octanol–water partition coefficient (Wildman–Crippen LogP) is 4.47. The van der Waals surface area contributed by atoms with E-state index in [4.69, 9.17) is 0 Å². The van der Waals surface area contributed by atoms with Crippen molar-refractivity contribution in [2.45, 2.75) is 6.54 Å². The second-order valence-corrected chi connectivity index (χ2v) is 5.68. The number of nitrogens with one attached hydrogen (secondary N) is 1. The predicted molar refractivity (Wildman–Crippen MR) is 87.9 cm³/mol. The molecule has 0 atom stereocenters. The normalized spacial score (nSPS) is 10.5. The highest BCUT2D eigenvalue weighted by Gasteiger charge is 2.06. The second kappa shape index (κ2) is 6.53. The minimum atomic E-state index is -0.424. The highest BCUT2D eigenvalue weighted by Crippen LogP contribution is 2.25. The number of halogens is 1. The van der Waals surface area contributed by atoms with Gasteiger partial charge in [0.25, 0.3) is 5.69 Å². The molecule has 0 aliphatic heterocycles. The molecule has 5 nitrogen and oxygen atoms in total. The van der Waals surface area contributed by atoms with E-state index >= 15 is 0 Å². The van der Waals surface area contributed by atoms with Crippen LogP contribution in [0.4, 0.5) is 15.2 Å². The minimum Gasteiger partial charge on any atom is -0.357 e. The van der Waals surface area contributed by atoms with E-state index in [1.165, 1.54) is 35.6 Å². The molecule has 1 aromatic heterocycles. The van der Waals surface area contributed by atoms with Gasteiger partial charge in [-0.25, -0.2) is 9.37 Å². The molecular formula is C16H12FN3O2S. The van der Waals surface area contributed by atoms with Crippen molar-refractivity contribution >= 4 is 22.2 Å². The smallest absolute Gasteiger partial charge is 0.269 e. The zero-order chi connectivity index (χ0) is 16.2. The summed E-state index contributed by atoms with van der Waals surface area (Å²) >= 11 is 1.45. The van der Waals surface area contributed by atoms with Crippen molar-refractivity contribution in [2.24, 2.45) is 0 Å². The van der Waals surface area contributed by atoms with E-state index < -0.39 is 4.92 Å². The highest BCUT2D eigenvalue weighted by atomic mass is 32.1. The van der Waals surface area contributed by atoms with Crippen LogP contribution in [-0.2, 0) is 6.54 Å². The number of aromatic nitrogens is 1. The number of non-ortho nitro benzene ring substituents is 1. The van der Waals surface area contributed by atoms with Crippen LogP contribution in [0.5, 0.6) is 0 Å². The first-order valence-corrected chi connectivity index (χ1v) is 7.68. The van der Waals surface area contributed by atoms with Gasteiger partial charge in [-0.15, -0.1) is 11.3 Å². The maximum atomic E-state index is 12.9. The largest absolute Gasteiger partial charge is 0.357 e. The molecule has 0 aliphatic rings. The maximum absolute atomic E-state index is 12.9. The monoisotopic (exact) mass is 329 g/mol. The summed E-state index contributed by atoms with van der Waals surface area (Å²) < 4.78 is 12.9. The van der Waals surface area contributed by atoms with Gasteiger partial charge >= 0.3 is 0 Å². The number of anilines is 1. The summed E-state index contributed by atoms with van der Waals surface area (Å²) in [6.07, 6.45) is 0. The molecule has 2 aromatic carbocycles. The quantitative estimate of drug-likeness (QED) is 0.554. The standard InChI is InChI=1S/C16H12FN3O2S/c17-13-5-3-12(4-6-13)15-10-23-16(19-15)18-9-11-1-7-14(8-2-11)20(21)22/h1-8,10H,9H2,(H,18,19). The number of rotatable bonds is 5. The molecule has 0 aliphatic carbocycles. The molecule has 0 amide bonds. The molecule has 23 heavy (non-hydrogen) atoms. The molecule has 0 unspecified atom stereocenters. The molecule has 0 saturated carbocycles. The summed E-state index contributed by atoms with van der Waals surface area (Å²) in [5.74, 6) is -0.277. The van der Waals surface area contributed by atoms with Crippen molar-refractivity contribution in [3.8, 4) is 11.3 Å². The van der Waals surface area contributed by atoms with Crippen LogP contribution < -0.4 is 5.32 Å². The molecule has 3 aromatic rings. The number of thiazole rings is 1. The van der Waals surface area contributed by atoms with E-state index in [0.717, 1.165) is 22.0 Å². The molecule has 0 radical (unpaired) electrons. The Morgan fingerprint density at radius 2 is 1.83 bits per heavy atom. The van der Waals surface area contributed by atoms with Gasteiger partial charge in [-0.3, -0.25) is 10.1 Å². The fourth-order valence-corrected chi connectivity index (χ4v) is 2.74. The number of hydrogen-bond donors (Lipinski definition) is 1. The summed E-state index contributed by atoms with van der Waals surface area (Å²) in [6, 6.07) is 12.5. The average Bonchev–Trinajstić information content (AvgIpc) is 3.03. The van der Waals surface area contributed by atoms with Crippen molar-refractivity contribution in [2.75, 3.05) is 5.32 Å². The van der Waals surface area contributed by atoms with E-state index in [1.807, 2.05) is 5.38 Å². The van der Waals surface area contributed by atoms with Gasteiger partial charge in [0.05, 0.1) is 10.6 Å². The molecule has 0 spiro atoms. The molecule has 1 heterocycles. The lowest BCUT2D eigenvalue weighted by Gasteiger charge is -2.02. The van der Waals surface area contributed by atoms with Gasteiger partial charge in [-0.05, 0) is 29.8 Å². The zero-order valence-corrected chi connectivity index (χ0v) is 12.7. The first kappa shape index (κ1) is 15.1. The summed E-state index contributed by atoms with van der Waals surface area (Å²) in [7, 11) is 0. The Bertz CT molecular complexity index is 816. The Morgan fingerprint density at radius 1 is 1.13 bits per heavy atom. The lowest BCUT2D eigenvalue weighted by atomic mass is 10.2. The molecular weight excluding hydrogens is 317 g/mol. The molecule has 3 rings (SSSR count). The topological polar surface area (TPSA) is 68.1 Å². The van der Waals surface area contributed by atoms with Crippen LogP contribution in [-0.4, -0.2) is 9.91 Å². The van der Waals surface area contributed by atoms with E-state index in [9.17, 15) is 14.5 Å². The summed E-state index contributed by atoms with van der Waals surface area (Å²) in [5, 5.41) is 16.4. The van der Waals surface area contributed by atoms with Crippen molar-refractivity contribution in [1.29, 1.82) is 0 Å². The molecule has 0 fully saturated rings. The van der Waals surface area contributed by atoms with Crippen molar-refractivity contribution in [3.05, 3.63) is 75.4 Å². The van der Waals surface area contributed by atoms with Gasteiger partial charge in [0.15, 0.2) is 5.13 Å². The van der Waals surface area contributed by atoms with Crippen LogP contribution in [0.15, 0.2) is 53.9 Å². The van der Waals surface area contributed by atoms with Crippen LogP contribution in [0.25, 0.3) is 11.3 Å². The number of hydrogen-bond acceptors (Lipinski definition) is 5. The Labute approximate surface area is 135 Å². The first-order valence-electron chi connectivity index (χ1n) is 6.80. The van der Waals surface area contributed by atoms with E-state index in [2.05, 4.69) is 10.3 Å². The zero-order valence-electron chi connectivity index (χ0n) is 11.9. The lowest BCUT2D eigenvalue weighted by molar-refractivity contribution is -0.384. The van der Waals surface area contributed by atoms with Gasteiger partial charge in [0.1, 0.15) is 5.82 Å². The average molecular weight is 329 g/mol. The Hall–Kier alpha value is -2.80. The number of nitro groups is 1. The van der Waals surface area contributed by atoms with Gasteiger partial charge in [-0.2, -0.15) is 0 Å². The summed E-state index contributed by atoms with van der Waals surface area (Å²) in [5.41, 5.74) is 2.63. The van der Waals surface area contributed by atoms with Crippen LogP contribution in [0.3, 0.4) is 0 Å². The molecule has 1 N–H and O–H groups in total. The van der Waals surface area contributed by atoms with Crippen molar-refractivity contribution in [1.82, 2.24) is 4.98 Å². The van der Waals surface area contributed by atoms with Crippen molar-refractivity contribution in [3.63, 3.8) is 0 Å². The van der Waals surface area contributed by atoms with Crippen LogP contribution >= 0.6 is 11.3 Å². The number of benzene rings is 2. The molecule has 0 bridgehead atoms. The molecule has 0 saturated heterocycles. The maximum Gasteiger partial charge on any atom is 0.269 e. The van der Waals surface area contributed by atoms with Crippen LogP contribution in [0.2, 0.25) is 0 Å². The Balaban J connectivity index is 1.65. The third-order valence-electron chi connectivity index (χ3n) is 3.24. The summed E-state index contributed by atoms with van der Waals surface area (Å²) in [4.78, 5) is 14.6.